The van der Waals surface area contributed by atoms with Gasteiger partial charge in [-0.2, -0.15) is 0 Å². The molecule has 0 aliphatic carbocycles. The molecule has 0 saturated heterocycles. The first-order valence-electron chi connectivity index (χ1n) is 7.29. The van der Waals surface area contributed by atoms with Gasteiger partial charge in [-0.3, -0.25) is 0 Å². The van der Waals surface area contributed by atoms with Gasteiger partial charge in [0.25, 0.3) is 0 Å². The van der Waals surface area contributed by atoms with E-state index in [0.717, 1.165) is 19.3 Å². The van der Waals surface area contributed by atoms with E-state index in [-0.39, 0.29) is 15.8 Å². The molecule has 4 heteroatoms. The molecule has 0 atom stereocenters. The predicted octanol–water partition coefficient (Wildman–Crippen LogP) is 2.17. The Labute approximate surface area is 109 Å². The number of nitrogens with one attached hydrogen (secondary N) is 1. The van der Waals surface area contributed by atoms with Crippen LogP contribution in [0, 0.1) is 0 Å². The van der Waals surface area contributed by atoms with Crippen molar-refractivity contribution < 1.29 is 9.47 Å². The highest BCUT2D eigenvalue weighted by Crippen LogP contribution is 2.03. The Morgan fingerprint density at radius 3 is 2.24 bits per heavy atom. The van der Waals surface area contributed by atoms with Crippen molar-refractivity contribution in [1.82, 2.24) is 5.32 Å². The summed E-state index contributed by atoms with van der Waals surface area (Å²) in [6.07, 6.45) is 3.98. The van der Waals surface area contributed by atoms with E-state index < -0.39 is 0 Å². The first kappa shape index (κ1) is 17.1. The zero-order valence-corrected chi connectivity index (χ0v) is 13.4. The van der Waals surface area contributed by atoms with Crippen LogP contribution in [0.15, 0.2) is 0 Å². The highest BCUT2D eigenvalue weighted by molar-refractivity contribution is 6.35. The van der Waals surface area contributed by atoms with Crippen LogP contribution in [-0.2, 0) is 9.47 Å². The Kier molecular flexibility index (Phi) is 14.2. The number of rotatable bonds is 13. The van der Waals surface area contributed by atoms with E-state index in [1.165, 1.54) is 38.4 Å². The molecule has 0 rings (SSSR count). The number of hydrogen-bond acceptors (Lipinski definition) is 3. The highest BCUT2D eigenvalue weighted by Gasteiger charge is 2.06. The molecule has 0 aromatic carbocycles. The fraction of sp³-hybridized carbons (Fsp3) is 1.00. The van der Waals surface area contributed by atoms with Crippen molar-refractivity contribution in [1.29, 1.82) is 0 Å². The zero-order chi connectivity index (χ0) is 12.8. The van der Waals surface area contributed by atoms with Crippen molar-refractivity contribution in [3.8, 4) is 0 Å². The summed E-state index contributed by atoms with van der Waals surface area (Å²) in [5.74, 6) is 0. The Bertz CT molecular complexity index is 141. The maximum absolute atomic E-state index is 5.54. The average molecular weight is 261 g/mol. The summed E-state index contributed by atoms with van der Waals surface area (Å²) in [4.78, 5) is 0. The Morgan fingerprint density at radius 1 is 1.00 bits per heavy atom. The molecule has 0 radical (unpaired) electrons. The summed E-state index contributed by atoms with van der Waals surface area (Å²) in [5.41, 5.74) is 0. The van der Waals surface area contributed by atoms with Crippen molar-refractivity contribution in [2.45, 2.75) is 58.4 Å². The first-order chi connectivity index (χ1) is 8.35. The largest absolute Gasteiger partial charge is 0.353 e. The SMILES string of the molecule is CCCCNCCC[SiH2]CC(OCC)OCC. The number of hydrogen-bond donors (Lipinski definition) is 1. The quantitative estimate of drug-likeness (QED) is 0.313. The van der Waals surface area contributed by atoms with Crippen LogP contribution in [0.25, 0.3) is 0 Å². The van der Waals surface area contributed by atoms with Gasteiger partial charge >= 0.3 is 0 Å². The smallest absolute Gasteiger partial charge is 0.154 e. The van der Waals surface area contributed by atoms with Crippen LogP contribution in [0.5, 0.6) is 0 Å². The molecule has 0 aliphatic heterocycles. The molecule has 0 aromatic rings. The zero-order valence-electron chi connectivity index (χ0n) is 12.0. The lowest BCUT2D eigenvalue weighted by Crippen LogP contribution is -2.20. The summed E-state index contributed by atoms with van der Waals surface area (Å²) in [7, 11) is -0.00623. The van der Waals surface area contributed by atoms with E-state index in [2.05, 4.69) is 12.2 Å². The molecular formula is C13H31NO2Si. The second-order valence-corrected chi connectivity index (χ2v) is 6.28. The molecule has 0 aromatic heterocycles. The van der Waals surface area contributed by atoms with Gasteiger partial charge in [-0.1, -0.05) is 19.4 Å². The van der Waals surface area contributed by atoms with Crippen LogP contribution in [0.2, 0.25) is 12.1 Å². The van der Waals surface area contributed by atoms with Gasteiger partial charge in [-0.05, 0) is 45.8 Å². The molecule has 0 aliphatic rings. The number of unbranched alkanes of at least 4 members (excludes halogenated alkanes) is 1. The molecule has 0 saturated carbocycles. The second kappa shape index (κ2) is 14.2. The highest BCUT2D eigenvalue weighted by atomic mass is 28.2. The molecule has 3 nitrogen and oxygen atoms in total. The molecule has 104 valence electrons. The van der Waals surface area contributed by atoms with Crippen LogP contribution in [0.1, 0.15) is 40.0 Å². The third-order valence-corrected chi connectivity index (χ3v) is 4.59. The van der Waals surface area contributed by atoms with E-state index in [4.69, 9.17) is 9.47 Å². The Morgan fingerprint density at radius 2 is 1.65 bits per heavy atom. The lowest BCUT2D eigenvalue weighted by Gasteiger charge is -2.16. The van der Waals surface area contributed by atoms with E-state index in [1.807, 2.05) is 13.8 Å². The normalized spacial score (nSPS) is 12.0. The summed E-state index contributed by atoms with van der Waals surface area (Å²) in [6, 6.07) is 2.56. The van der Waals surface area contributed by atoms with Gasteiger partial charge in [0.15, 0.2) is 6.29 Å². The van der Waals surface area contributed by atoms with Gasteiger partial charge in [0.05, 0.1) is 0 Å². The van der Waals surface area contributed by atoms with Gasteiger partial charge in [0.1, 0.15) is 0 Å². The predicted molar refractivity (Wildman–Crippen MR) is 77.6 cm³/mol. The number of ether oxygens (including phenoxy) is 2. The minimum atomic E-state index is -0.00623. The van der Waals surface area contributed by atoms with Gasteiger partial charge in [-0.25, -0.2) is 0 Å². The molecule has 1 N–H and O–H groups in total. The van der Waals surface area contributed by atoms with E-state index in [9.17, 15) is 0 Å². The Hall–Kier alpha value is 0.0969. The summed E-state index contributed by atoms with van der Waals surface area (Å²) in [6.45, 7) is 10.2. The van der Waals surface area contributed by atoms with E-state index in [1.54, 1.807) is 0 Å². The molecule has 0 spiro atoms. The lowest BCUT2D eigenvalue weighted by molar-refractivity contribution is -0.123. The summed E-state index contributed by atoms with van der Waals surface area (Å²) >= 11 is 0. The molecular weight excluding hydrogens is 230 g/mol. The minimum Gasteiger partial charge on any atom is -0.353 e. The van der Waals surface area contributed by atoms with Crippen molar-refractivity contribution in [2.75, 3.05) is 26.3 Å². The maximum Gasteiger partial charge on any atom is 0.154 e. The van der Waals surface area contributed by atoms with Crippen LogP contribution < -0.4 is 5.32 Å². The van der Waals surface area contributed by atoms with Crippen molar-refractivity contribution >= 4 is 9.52 Å². The van der Waals surface area contributed by atoms with E-state index in [0.29, 0.717) is 0 Å². The lowest BCUT2D eigenvalue weighted by atomic mass is 10.3. The first-order valence-corrected chi connectivity index (χ1v) is 9.29. The molecule has 17 heavy (non-hydrogen) atoms. The average Bonchev–Trinajstić information content (AvgIpc) is 2.33. The van der Waals surface area contributed by atoms with Crippen molar-refractivity contribution in [3.05, 3.63) is 0 Å². The van der Waals surface area contributed by atoms with Crippen LogP contribution in [-0.4, -0.2) is 42.1 Å². The molecule has 0 amide bonds. The molecule has 0 bridgehead atoms. The summed E-state index contributed by atoms with van der Waals surface area (Å²) in [5, 5.41) is 3.48. The van der Waals surface area contributed by atoms with Crippen LogP contribution in [0.3, 0.4) is 0 Å². The van der Waals surface area contributed by atoms with Crippen LogP contribution in [0.4, 0.5) is 0 Å². The van der Waals surface area contributed by atoms with Crippen molar-refractivity contribution in [2.24, 2.45) is 0 Å². The molecule has 0 unspecified atom stereocenters. The van der Waals surface area contributed by atoms with Gasteiger partial charge in [0, 0.05) is 22.7 Å². The fourth-order valence-corrected chi connectivity index (χ4v) is 3.31. The van der Waals surface area contributed by atoms with Gasteiger partial charge in [-0.15, -0.1) is 0 Å². The second-order valence-electron chi connectivity index (χ2n) is 4.29. The third-order valence-electron chi connectivity index (χ3n) is 2.71. The molecule has 0 fully saturated rings. The van der Waals surface area contributed by atoms with Gasteiger partial charge in [0.2, 0.25) is 0 Å². The third kappa shape index (κ3) is 12.3. The molecule has 0 heterocycles. The maximum atomic E-state index is 5.54. The fourth-order valence-electron chi connectivity index (χ4n) is 1.75. The summed E-state index contributed by atoms with van der Waals surface area (Å²) < 4.78 is 11.1. The monoisotopic (exact) mass is 261 g/mol. The Balaban J connectivity index is 3.23. The van der Waals surface area contributed by atoms with Gasteiger partial charge < -0.3 is 14.8 Å². The van der Waals surface area contributed by atoms with E-state index >= 15 is 0 Å². The topological polar surface area (TPSA) is 30.5 Å². The van der Waals surface area contributed by atoms with Crippen LogP contribution >= 0.6 is 0 Å². The van der Waals surface area contributed by atoms with Crippen molar-refractivity contribution in [3.63, 3.8) is 0 Å². The minimum absolute atomic E-state index is 0.00623. The standard InChI is InChI=1S/C13H31NO2Si/c1-4-7-9-14-10-8-11-17-12-13(15-5-2)16-6-3/h13-14H,4-12,17H2,1-3H3.